The quantitative estimate of drug-likeness (QED) is 0.676. The highest BCUT2D eigenvalue weighted by molar-refractivity contribution is 9.10. The van der Waals surface area contributed by atoms with Crippen LogP contribution in [0.25, 0.3) is 22.0 Å². The van der Waals surface area contributed by atoms with Crippen molar-refractivity contribution in [1.82, 2.24) is 9.97 Å². The summed E-state index contributed by atoms with van der Waals surface area (Å²) < 4.78 is 11.4. The topological polar surface area (TPSA) is 64.2 Å². The molecule has 0 aliphatic carbocycles. The number of aromatic nitrogens is 2. The largest absolute Gasteiger partial charge is 0.493 e. The molecule has 3 aromatic rings. The maximum Gasteiger partial charge on any atom is 0.259 e. The molecule has 0 fully saturated rings. The first kappa shape index (κ1) is 17.5. The molecule has 0 bridgehead atoms. The number of H-pyrrole nitrogens is 1. The van der Waals surface area contributed by atoms with Gasteiger partial charge in [0, 0.05) is 10.5 Å². The fourth-order valence-electron chi connectivity index (χ4n) is 2.39. The lowest BCUT2D eigenvalue weighted by atomic mass is 10.2. The van der Waals surface area contributed by atoms with E-state index in [0.29, 0.717) is 27.4 Å². The van der Waals surface area contributed by atoms with Crippen molar-refractivity contribution in [3.8, 4) is 11.5 Å². The van der Waals surface area contributed by atoms with Gasteiger partial charge in [-0.25, -0.2) is 4.98 Å². The summed E-state index contributed by atoms with van der Waals surface area (Å²) in [5, 5.41) is 0.722. The van der Waals surface area contributed by atoms with Crippen LogP contribution in [0.4, 0.5) is 0 Å². The molecule has 0 atom stereocenters. The van der Waals surface area contributed by atoms with Crippen LogP contribution in [-0.4, -0.2) is 24.2 Å². The molecule has 1 aromatic heterocycles. The molecule has 1 heterocycles. The molecule has 0 aliphatic rings. The van der Waals surface area contributed by atoms with Crippen molar-refractivity contribution >= 4 is 49.5 Å². The Hall–Kier alpha value is -2.31. The second-order valence-corrected chi connectivity index (χ2v) is 6.51. The molecule has 0 aliphatic heterocycles. The average Bonchev–Trinajstić information content (AvgIpc) is 2.60. The summed E-state index contributed by atoms with van der Waals surface area (Å²) in [6.07, 6.45) is 1.73. The van der Waals surface area contributed by atoms with Crippen LogP contribution in [0.2, 0.25) is 0 Å². The Balaban J connectivity index is 2.12. The average molecular weight is 422 g/mol. The number of ether oxygens (including phenoxy) is 2. The van der Waals surface area contributed by atoms with E-state index in [0.717, 1.165) is 10.0 Å². The van der Waals surface area contributed by atoms with Crippen LogP contribution in [-0.2, 0) is 0 Å². The van der Waals surface area contributed by atoms with Gasteiger partial charge in [-0.1, -0.05) is 39.7 Å². The zero-order chi connectivity index (χ0) is 18.0. The van der Waals surface area contributed by atoms with E-state index in [-0.39, 0.29) is 11.4 Å². The number of hydrogen-bond donors (Lipinski definition) is 1. The number of fused-ring (bicyclic) bond motifs is 1. The van der Waals surface area contributed by atoms with Crippen LogP contribution in [0.3, 0.4) is 0 Å². The Bertz CT molecular complexity index is 1030. The maximum atomic E-state index is 12.4. The minimum absolute atomic E-state index is 0.284. The second kappa shape index (κ2) is 7.29. The zero-order valence-electron chi connectivity index (χ0n) is 13.5. The van der Waals surface area contributed by atoms with Gasteiger partial charge in [-0.15, -0.1) is 0 Å². The van der Waals surface area contributed by atoms with Crippen molar-refractivity contribution in [3.05, 3.63) is 62.6 Å². The number of aromatic amines is 1. The Kier molecular flexibility index (Phi) is 5.11. The summed E-state index contributed by atoms with van der Waals surface area (Å²) in [6.45, 7) is 0. The van der Waals surface area contributed by atoms with E-state index in [4.69, 9.17) is 21.1 Å². The first-order valence-corrected chi connectivity index (χ1v) is 8.48. The molecule has 7 heteroatoms. The minimum Gasteiger partial charge on any atom is -0.493 e. The summed E-state index contributed by atoms with van der Waals surface area (Å²) in [6, 6.07) is 10.9. The van der Waals surface area contributed by atoms with E-state index in [1.165, 1.54) is 14.2 Å². The van der Waals surface area contributed by atoms with Gasteiger partial charge in [0.15, 0.2) is 17.3 Å². The van der Waals surface area contributed by atoms with E-state index in [1.807, 2.05) is 24.3 Å². The predicted octanol–water partition coefficient (Wildman–Crippen LogP) is 4.44. The summed E-state index contributed by atoms with van der Waals surface area (Å²) in [5.74, 6) is 1.24. The van der Waals surface area contributed by atoms with Crippen molar-refractivity contribution in [2.75, 3.05) is 14.2 Å². The number of methoxy groups -OCH3 is 2. The third-order valence-electron chi connectivity index (χ3n) is 3.58. The van der Waals surface area contributed by atoms with Gasteiger partial charge in [0.25, 0.3) is 5.56 Å². The van der Waals surface area contributed by atoms with Gasteiger partial charge < -0.3 is 14.5 Å². The third-order valence-corrected chi connectivity index (χ3v) is 4.36. The summed E-state index contributed by atoms with van der Waals surface area (Å²) in [4.78, 5) is 19.5. The molecule has 0 unspecified atom stereocenters. The third kappa shape index (κ3) is 3.70. The molecule has 0 saturated carbocycles. The number of rotatable bonds is 4. The minimum atomic E-state index is -0.304. The van der Waals surface area contributed by atoms with E-state index in [2.05, 4.69) is 25.9 Å². The first-order chi connectivity index (χ1) is 12.0. The molecule has 0 amide bonds. The van der Waals surface area contributed by atoms with Crippen LogP contribution in [0.1, 0.15) is 11.4 Å². The van der Waals surface area contributed by atoms with Gasteiger partial charge >= 0.3 is 0 Å². The number of nitrogens with one attached hydrogen (secondary N) is 1. The van der Waals surface area contributed by atoms with Gasteiger partial charge in [0.05, 0.1) is 30.2 Å². The van der Waals surface area contributed by atoms with Crippen LogP contribution in [0.5, 0.6) is 11.5 Å². The second-order valence-electron chi connectivity index (χ2n) is 5.19. The highest BCUT2D eigenvalue weighted by Gasteiger charge is 2.12. The molecule has 5 nitrogen and oxygen atoms in total. The van der Waals surface area contributed by atoms with Crippen LogP contribution in [0, 0.1) is 0 Å². The van der Waals surface area contributed by atoms with E-state index < -0.39 is 0 Å². The van der Waals surface area contributed by atoms with Crippen molar-refractivity contribution in [1.29, 1.82) is 0 Å². The zero-order valence-corrected chi connectivity index (χ0v) is 15.8. The molecule has 0 radical (unpaired) electrons. The highest BCUT2D eigenvalue weighted by atomic mass is 79.9. The summed E-state index contributed by atoms with van der Waals surface area (Å²) in [5.41, 5.74) is 1.05. The van der Waals surface area contributed by atoms with E-state index >= 15 is 0 Å². The normalized spacial score (nSPS) is 11.6. The molecule has 0 spiro atoms. The fraction of sp³-hybridized carbons (Fsp3) is 0.111. The summed E-state index contributed by atoms with van der Waals surface area (Å²) in [7, 11) is 3.04. The molecule has 128 valence electrons. The molecular weight excluding hydrogens is 408 g/mol. The number of hydrogen-bond acceptors (Lipinski definition) is 4. The van der Waals surface area contributed by atoms with E-state index in [9.17, 15) is 4.79 Å². The standard InChI is InChI=1S/C18H14BrClN2O3/c1-24-15-8-12-14(9-16(15)25-2)21-17(22-18(12)23)13(20)7-10-4-3-5-11(19)6-10/h3-9H,1-2H3,(H,21,22,23)/b13-7-. The van der Waals surface area contributed by atoms with Crippen molar-refractivity contribution in [3.63, 3.8) is 0 Å². The van der Waals surface area contributed by atoms with Crippen molar-refractivity contribution in [2.24, 2.45) is 0 Å². The molecule has 25 heavy (non-hydrogen) atoms. The Labute approximate surface area is 157 Å². The lowest BCUT2D eigenvalue weighted by Crippen LogP contribution is -2.11. The molecule has 2 aromatic carbocycles. The number of benzene rings is 2. The predicted molar refractivity (Wildman–Crippen MR) is 103 cm³/mol. The lowest BCUT2D eigenvalue weighted by Gasteiger charge is -2.09. The lowest BCUT2D eigenvalue weighted by molar-refractivity contribution is 0.355. The number of nitrogens with zero attached hydrogens (tertiary/aromatic N) is 1. The Morgan fingerprint density at radius 3 is 2.60 bits per heavy atom. The van der Waals surface area contributed by atoms with Crippen LogP contribution < -0.4 is 15.0 Å². The molecule has 0 saturated heterocycles. The molecule has 1 N–H and O–H groups in total. The van der Waals surface area contributed by atoms with Gasteiger partial charge in [-0.2, -0.15) is 0 Å². The van der Waals surface area contributed by atoms with E-state index in [1.54, 1.807) is 18.2 Å². The summed E-state index contributed by atoms with van der Waals surface area (Å²) >= 11 is 9.77. The van der Waals surface area contributed by atoms with Gasteiger partial charge in [0.1, 0.15) is 0 Å². The van der Waals surface area contributed by atoms with Crippen molar-refractivity contribution < 1.29 is 9.47 Å². The smallest absolute Gasteiger partial charge is 0.259 e. The van der Waals surface area contributed by atoms with Crippen LogP contribution >= 0.6 is 27.5 Å². The van der Waals surface area contributed by atoms with Crippen molar-refractivity contribution in [2.45, 2.75) is 0 Å². The molecule has 3 rings (SSSR count). The first-order valence-electron chi connectivity index (χ1n) is 7.31. The van der Waals surface area contributed by atoms with Crippen LogP contribution in [0.15, 0.2) is 45.7 Å². The Morgan fingerprint density at radius 1 is 1.20 bits per heavy atom. The van der Waals surface area contributed by atoms with Gasteiger partial charge in [-0.3, -0.25) is 4.79 Å². The fourth-order valence-corrected chi connectivity index (χ4v) is 3.02. The highest BCUT2D eigenvalue weighted by Crippen LogP contribution is 2.30. The molecular formula is C18H14BrClN2O3. The Morgan fingerprint density at radius 2 is 1.92 bits per heavy atom. The maximum absolute atomic E-state index is 12.4. The van der Waals surface area contributed by atoms with Gasteiger partial charge in [-0.05, 0) is 29.8 Å². The monoisotopic (exact) mass is 420 g/mol. The SMILES string of the molecule is COc1cc2nc(/C(Cl)=C/c3cccc(Br)c3)[nH]c(=O)c2cc1OC. The number of halogens is 2. The van der Waals surface area contributed by atoms with Gasteiger partial charge in [0.2, 0.25) is 0 Å².